The van der Waals surface area contributed by atoms with Crippen LogP contribution in [0.25, 0.3) is 0 Å². The molecule has 0 unspecified atom stereocenters. The van der Waals surface area contributed by atoms with E-state index in [0.29, 0.717) is 0 Å². The monoisotopic (exact) mass is 222 g/mol. The molecule has 0 bridgehead atoms. The van der Waals surface area contributed by atoms with Gasteiger partial charge >= 0.3 is 11.9 Å². The fraction of sp³-hybridized carbons (Fsp3) is 0.625. The zero-order chi connectivity index (χ0) is 11.8. The van der Waals surface area contributed by atoms with E-state index in [2.05, 4.69) is 9.47 Å². The topological polar surface area (TPSA) is 69.7 Å². The summed E-state index contributed by atoms with van der Waals surface area (Å²) in [6, 6.07) is 0. The Morgan fingerprint density at radius 3 is 2.00 bits per heavy atom. The molecule has 0 aromatic heterocycles. The Kier molecular flexibility index (Phi) is 2.74. The first-order valence-electron chi connectivity index (χ1n) is 4.02. The minimum atomic E-state index is -3.41. The number of ketones is 1. The minimum absolute atomic E-state index is 1.26. The Balaban J connectivity index is 2.89. The molecule has 0 radical (unpaired) electrons. The van der Waals surface area contributed by atoms with Gasteiger partial charge in [-0.3, -0.25) is 14.4 Å². The molecular weight excluding hydrogens is 214 g/mol. The van der Waals surface area contributed by atoms with E-state index >= 15 is 0 Å². The predicted octanol–water partition coefficient (Wildman–Crippen LogP) is 0.273. The number of carbonyl (C=O) groups excluding carboxylic acids is 3. The summed E-state index contributed by atoms with van der Waals surface area (Å²) >= 11 is 0. The van der Waals surface area contributed by atoms with E-state index in [9.17, 15) is 23.2 Å². The summed E-state index contributed by atoms with van der Waals surface area (Å²) in [7, 11) is 0. The normalized spacial score (nSPS) is 21.1. The van der Waals surface area contributed by atoms with Crippen molar-refractivity contribution in [2.24, 2.45) is 5.92 Å². The molecule has 7 heteroatoms. The SMILES string of the molecule is CC1(C)OC(=O)C(C(=O)C(F)F)C(=O)O1. The first-order chi connectivity index (χ1) is 6.74. The van der Waals surface area contributed by atoms with Crippen LogP contribution >= 0.6 is 0 Å². The molecule has 1 aliphatic heterocycles. The highest BCUT2D eigenvalue weighted by Crippen LogP contribution is 2.24. The maximum Gasteiger partial charge on any atom is 0.331 e. The lowest BCUT2D eigenvalue weighted by atomic mass is 10.0. The Bertz CT molecular complexity index is 303. The first kappa shape index (κ1) is 11.5. The maximum absolute atomic E-state index is 12.0. The van der Waals surface area contributed by atoms with Crippen molar-refractivity contribution in [3.8, 4) is 0 Å². The van der Waals surface area contributed by atoms with Gasteiger partial charge in [0.05, 0.1) is 0 Å². The summed E-state index contributed by atoms with van der Waals surface area (Å²) in [5, 5.41) is 0. The number of carbonyl (C=O) groups is 3. The van der Waals surface area contributed by atoms with E-state index in [1.165, 1.54) is 13.8 Å². The second-order valence-corrected chi connectivity index (χ2v) is 3.38. The minimum Gasteiger partial charge on any atom is -0.422 e. The molecule has 1 aliphatic rings. The summed E-state index contributed by atoms with van der Waals surface area (Å²) in [6.45, 7) is 2.51. The van der Waals surface area contributed by atoms with Crippen LogP contribution in [0, 0.1) is 5.92 Å². The first-order valence-corrected chi connectivity index (χ1v) is 4.02. The van der Waals surface area contributed by atoms with Crippen LogP contribution < -0.4 is 0 Å². The third kappa shape index (κ3) is 2.28. The van der Waals surface area contributed by atoms with Crippen molar-refractivity contribution < 1.29 is 32.6 Å². The largest absolute Gasteiger partial charge is 0.422 e. The molecule has 0 atom stereocenters. The second kappa shape index (κ2) is 3.56. The highest BCUT2D eigenvalue weighted by atomic mass is 19.3. The van der Waals surface area contributed by atoms with Crippen molar-refractivity contribution in [1.82, 2.24) is 0 Å². The number of hydrogen-bond donors (Lipinski definition) is 0. The van der Waals surface area contributed by atoms with Gasteiger partial charge in [0.25, 0.3) is 12.2 Å². The number of rotatable bonds is 2. The van der Waals surface area contributed by atoms with Gasteiger partial charge < -0.3 is 9.47 Å². The average Bonchev–Trinajstić information content (AvgIpc) is 1.99. The quantitative estimate of drug-likeness (QED) is 0.495. The highest BCUT2D eigenvalue weighted by molar-refractivity contribution is 6.16. The molecule has 1 heterocycles. The van der Waals surface area contributed by atoms with Crippen LogP contribution in [0.5, 0.6) is 0 Å². The standard InChI is InChI=1S/C8H8F2O5/c1-8(2)14-6(12)3(7(13)15-8)4(11)5(9)10/h3,5H,1-2H3. The van der Waals surface area contributed by atoms with Crippen molar-refractivity contribution >= 4 is 17.7 Å². The van der Waals surface area contributed by atoms with Crippen LogP contribution in [0.4, 0.5) is 8.78 Å². The molecule has 0 aromatic rings. The van der Waals surface area contributed by atoms with Gasteiger partial charge in [-0.15, -0.1) is 0 Å². The molecule has 1 rings (SSSR count). The van der Waals surface area contributed by atoms with Crippen LogP contribution in [-0.4, -0.2) is 29.9 Å². The molecule has 0 spiro atoms. The number of cyclic esters (lactones) is 2. The van der Waals surface area contributed by atoms with Crippen molar-refractivity contribution in [3.05, 3.63) is 0 Å². The molecule has 0 amide bonds. The number of alkyl halides is 2. The zero-order valence-electron chi connectivity index (χ0n) is 7.95. The van der Waals surface area contributed by atoms with Crippen LogP contribution in [0.3, 0.4) is 0 Å². The Hall–Kier alpha value is -1.53. The fourth-order valence-corrected chi connectivity index (χ4v) is 1.08. The van der Waals surface area contributed by atoms with E-state index in [1.54, 1.807) is 0 Å². The third-order valence-electron chi connectivity index (χ3n) is 1.66. The van der Waals surface area contributed by atoms with Gasteiger partial charge in [0, 0.05) is 13.8 Å². The van der Waals surface area contributed by atoms with Gasteiger partial charge in [0.2, 0.25) is 11.7 Å². The zero-order valence-corrected chi connectivity index (χ0v) is 7.95. The van der Waals surface area contributed by atoms with Crippen LogP contribution in [-0.2, 0) is 23.9 Å². The second-order valence-electron chi connectivity index (χ2n) is 3.38. The lowest BCUT2D eigenvalue weighted by molar-refractivity contribution is -0.239. The smallest absolute Gasteiger partial charge is 0.331 e. The van der Waals surface area contributed by atoms with Gasteiger partial charge in [-0.05, 0) is 0 Å². The number of ether oxygens (including phenoxy) is 2. The van der Waals surface area contributed by atoms with Crippen molar-refractivity contribution in [3.63, 3.8) is 0 Å². The molecular formula is C8H8F2O5. The summed E-state index contributed by atoms with van der Waals surface area (Å²) in [6.07, 6.45) is -3.41. The van der Waals surface area contributed by atoms with E-state index in [1.807, 2.05) is 0 Å². The summed E-state index contributed by atoms with van der Waals surface area (Å²) in [5.41, 5.74) is 0. The van der Waals surface area contributed by atoms with Gasteiger partial charge in [0.15, 0.2) is 0 Å². The molecule has 84 valence electrons. The summed E-state index contributed by atoms with van der Waals surface area (Å²) in [5.74, 6) is -8.10. The van der Waals surface area contributed by atoms with E-state index < -0.39 is 35.9 Å². The number of hydrogen-bond acceptors (Lipinski definition) is 5. The van der Waals surface area contributed by atoms with Crippen LogP contribution in [0.15, 0.2) is 0 Å². The van der Waals surface area contributed by atoms with Crippen molar-refractivity contribution in [2.45, 2.75) is 26.1 Å². The van der Waals surface area contributed by atoms with Gasteiger partial charge in [-0.25, -0.2) is 8.78 Å². The molecule has 1 saturated heterocycles. The van der Waals surface area contributed by atoms with E-state index in [4.69, 9.17) is 0 Å². The third-order valence-corrected chi connectivity index (χ3v) is 1.66. The van der Waals surface area contributed by atoms with Gasteiger partial charge in [0.1, 0.15) is 0 Å². The molecule has 0 aliphatic carbocycles. The van der Waals surface area contributed by atoms with Crippen molar-refractivity contribution in [1.29, 1.82) is 0 Å². The van der Waals surface area contributed by atoms with Crippen molar-refractivity contribution in [2.75, 3.05) is 0 Å². The van der Waals surface area contributed by atoms with Crippen LogP contribution in [0.2, 0.25) is 0 Å². The number of halogens is 2. The van der Waals surface area contributed by atoms with E-state index in [-0.39, 0.29) is 0 Å². The molecule has 0 saturated carbocycles. The molecule has 0 N–H and O–H groups in total. The summed E-state index contributed by atoms with van der Waals surface area (Å²) < 4.78 is 33.0. The van der Waals surface area contributed by atoms with E-state index in [0.717, 1.165) is 0 Å². The number of Topliss-reactive ketones (excluding diaryl/α,β-unsaturated/α-hetero) is 1. The molecule has 15 heavy (non-hydrogen) atoms. The highest BCUT2D eigenvalue weighted by Gasteiger charge is 2.49. The average molecular weight is 222 g/mol. The fourth-order valence-electron chi connectivity index (χ4n) is 1.08. The lowest BCUT2D eigenvalue weighted by Gasteiger charge is -2.32. The number of esters is 2. The Morgan fingerprint density at radius 1 is 1.27 bits per heavy atom. The Labute approximate surface area is 83.3 Å². The lowest BCUT2D eigenvalue weighted by Crippen LogP contribution is -2.50. The summed E-state index contributed by atoms with van der Waals surface area (Å²) in [4.78, 5) is 33.0. The Morgan fingerprint density at radius 2 is 1.67 bits per heavy atom. The van der Waals surface area contributed by atoms with Gasteiger partial charge in [-0.2, -0.15) is 0 Å². The maximum atomic E-state index is 12.0. The van der Waals surface area contributed by atoms with Crippen LogP contribution in [0.1, 0.15) is 13.8 Å². The predicted molar refractivity (Wildman–Crippen MR) is 40.8 cm³/mol. The molecule has 5 nitrogen and oxygen atoms in total. The molecule has 1 fully saturated rings. The molecule has 0 aromatic carbocycles. The van der Waals surface area contributed by atoms with Gasteiger partial charge in [-0.1, -0.05) is 0 Å².